The van der Waals surface area contributed by atoms with E-state index in [1.165, 1.54) is 6.07 Å². The van der Waals surface area contributed by atoms with Crippen molar-refractivity contribution in [3.63, 3.8) is 0 Å². The fourth-order valence-electron chi connectivity index (χ4n) is 1.41. The molecule has 0 spiro atoms. The third-order valence-corrected chi connectivity index (χ3v) is 3.33. The molecule has 0 heterocycles. The molecular weight excluding hydrogens is 212 g/mol. The monoisotopic (exact) mass is 228 g/mol. The van der Waals surface area contributed by atoms with Crippen LogP contribution in [0.2, 0.25) is 0 Å². The first kappa shape index (κ1) is 11.9. The number of phenolic OH excluding ortho intramolecular Hbond substituents is 3. The SMILES string of the molecule is CC(C)(C)c1cc(O)c([SiH2]O)c(O)c1O. The van der Waals surface area contributed by atoms with E-state index in [0.29, 0.717) is 5.56 Å². The predicted molar refractivity (Wildman–Crippen MR) is 60.5 cm³/mol. The minimum absolute atomic E-state index is 0.0838. The third-order valence-electron chi connectivity index (χ3n) is 2.32. The highest BCUT2D eigenvalue weighted by molar-refractivity contribution is 6.48. The normalized spacial score (nSPS) is 12.5. The first-order valence-electron chi connectivity index (χ1n) is 4.67. The van der Waals surface area contributed by atoms with Crippen LogP contribution in [-0.4, -0.2) is 29.9 Å². The summed E-state index contributed by atoms with van der Waals surface area (Å²) in [5.41, 5.74) is 0.0814. The molecule has 0 aliphatic carbocycles. The summed E-state index contributed by atoms with van der Waals surface area (Å²) < 4.78 is 0. The van der Waals surface area contributed by atoms with Crippen molar-refractivity contribution in [3.05, 3.63) is 11.6 Å². The molecule has 0 atom stereocenters. The van der Waals surface area contributed by atoms with E-state index in [9.17, 15) is 15.3 Å². The number of rotatable bonds is 1. The maximum absolute atomic E-state index is 9.72. The Labute approximate surface area is 90.8 Å². The standard InChI is InChI=1S/C10H16O4Si/c1-10(2,3)5-4-6(11)9(15-14)8(13)7(5)12/h4,11-14H,15H2,1-3H3. The van der Waals surface area contributed by atoms with Gasteiger partial charge in [0, 0.05) is 10.8 Å². The minimum Gasteiger partial charge on any atom is -0.508 e. The van der Waals surface area contributed by atoms with Gasteiger partial charge in [-0.25, -0.2) is 0 Å². The lowest BCUT2D eigenvalue weighted by molar-refractivity contribution is 0.384. The molecule has 0 saturated heterocycles. The highest BCUT2D eigenvalue weighted by Crippen LogP contribution is 2.38. The average Bonchev–Trinajstić information content (AvgIpc) is 2.10. The van der Waals surface area contributed by atoms with Crippen LogP contribution < -0.4 is 5.19 Å². The molecule has 0 aromatic heterocycles. The van der Waals surface area contributed by atoms with Crippen LogP contribution in [-0.2, 0) is 5.41 Å². The van der Waals surface area contributed by atoms with Crippen molar-refractivity contribution in [2.75, 3.05) is 0 Å². The number of hydrogen-bond donors (Lipinski definition) is 4. The van der Waals surface area contributed by atoms with Gasteiger partial charge >= 0.3 is 0 Å². The van der Waals surface area contributed by atoms with E-state index in [2.05, 4.69) is 0 Å². The molecule has 4 N–H and O–H groups in total. The van der Waals surface area contributed by atoms with Crippen molar-refractivity contribution in [2.45, 2.75) is 26.2 Å². The molecule has 0 aliphatic heterocycles. The summed E-state index contributed by atoms with van der Waals surface area (Å²) in [6, 6.07) is 1.40. The van der Waals surface area contributed by atoms with Crippen molar-refractivity contribution in [1.82, 2.24) is 0 Å². The van der Waals surface area contributed by atoms with Crippen LogP contribution in [0.25, 0.3) is 0 Å². The van der Waals surface area contributed by atoms with Gasteiger partial charge in [-0.2, -0.15) is 0 Å². The Bertz CT molecular complexity index is 382. The molecule has 1 rings (SSSR count). The van der Waals surface area contributed by atoms with Crippen LogP contribution in [0.4, 0.5) is 0 Å². The van der Waals surface area contributed by atoms with Gasteiger partial charge < -0.3 is 20.1 Å². The van der Waals surface area contributed by atoms with E-state index in [4.69, 9.17) is 4.80 Å². The largest absolute Gasteiger partial charge is 0.508 e. The molecule has 0 amide bonds. The zero-order valence-electron chi connectivity index (χ0n) is 9.07. The van der Waals surface area contributed by atoms with E-state index in [-0.39, 0.29) is 22.1 Å². The number of aromatic hydroxyl groups is 3. The lowest BCUT2D eigenvalue weighted by atomic mass is 9.86. The third kappa shape index (κ3) is 2.08. The van der Waals surface area contributed by atoms with Gasteiger partial charge in [0.05, 0.1) is 0 Å². The van der Waals surface area contributed by atoms with Crippen LogP contribution >= 0.6 is 0 Å². The lowest BCUT2D eigenvalue weighted by Gasteiger charge is -2.22. The summed E-state index contributed by atoms with van der Waals surface area (Å²) in [4.78, 5) is 9.03. The molecule has 15 heavy (non-hydrogen) atoms. The van der Waals surface area contributed by atoms with Gasteiger partial charge in [0.15, 0.2) is 21.3 Å². The molecule has 0 radical (unpaired) electrons. The molecule has 4 nitrogen and oxygen atoms in total. The molecule has 0 saturated carbocycles. The fourth-order valence-corrected chi connectivity index (χ4v) is 1.99. The predicted octanol–water partition coefficient (Wildman–Crippen LogP) is -0.198. The van der Waals surface area contributed by atoms with Crippen molar-refractivity contribution in [1.29, 1.82) is 0 Å². The molecule has 5 heteroatoms. The highest BCUT2D eigenvalue weighted by atomic mass is 28.2. The van der Waals surface area contributed by atoms with E-state index in [1.807, 2.05) is 20.8 Å². The number of benzene rings is 1. The Kier molecular flexibility index (Phi) is 2.97. The summed E-state index contributed by atoms with van der Waals surface area (Å²) in [7, 11) is -1.71. The van der Waals surface area contributed by atoms with E-state index in [0.717, 1.165) is 0 Å². The molecule has 0 unspecified atom stereocenters. The first-order valence-corrected chi connectivity index (χ1v) is 6.01. The quantitative estimate of drug-likeness (QED) is 0.305. The van der Waals surface area contributed by atoms with Crippen LogP contribution in [0, 0.1) is 0 Å². The summed E-state index contributed by atoms with van der Waals surface area (Å²) in [5, 5.41) is 29.0. The molecule has 1 aromatic rings. The molecule has 84 valence electrons. The van der Waals surface area contributed by atoms with E-state index in [1.54, 1.807) is 0 Å². The van der Waals surface area contributed by atoms with Crippen molar-refractivity contribution in [2.24, 2.45) is 0 Å². The molecule has 0 aliphatic rings. The highest BCUT2D eigenvalue weighted by Gasteiger charge is 2.24. The molecule has 0 fully saturated rings. The molecular formula is C10H16O4Si. The van der Waals surface area contributed by atoms with Crippen LogP contribution in [0.5, 0.6) is 17.2 Å². The fraction of sp³-hybridized carbons (Fsp3) is 0.400. The van der Waals surface area contributed by atoms with Gasteiger partial charge in [-0.05, 0) is 11.5 Å². The van der Waals surface area contributed by atoms with Gasteiger partial charge in [0.1, 0.15) is 5.75 Å². The van der Waals surface area contributed by atoms with E-state index < -0.39 is 15.5 Å². The number of hydrogen-bond acceptors (Lipinski definition) is 4. The van der Waals surface area contributed by atoms with Gasteiger partial charge in [-0.3, -0.25) is 0 Å². The van der Waals surface area contributed by atoms with Gasteiger partial charge in [-0.15, -0.1) is 0 Å². The summed E-state index contributed by atoms with van der Waals surface area (Å²) in [6.07, 6.45) is 0. The Morgan fingerprint density at radius 1 is 1.07 bits per heavy atom. The Hall–Kier alpha value is -1.20. The van der Waals surface area contributed by atoms with Crippen molar-refractivity contribution < 1.29 is 20.1 Å². The Balaban J connectivity index is 3.48. The minimum atomic E-state index is -1.71. The lowest BCUT2D eigenvalue weighted by Crippen LogP contribution is -2.18. The first-order chi connectivity index (χ1) is 6.79. The van der Waals surface area contributed by atoms with E-state index >= 15 is 0 Å². The summed E-state index contributed by atoms with van der Waals surface area (Å²) in [6.45, 7) is 5.57. The molecule has 1 aromatic carbocycles. The average molecular weight is 228 g/mol. The van der Waals surface area contributed by atoms with Crippen LogP contribution in [0.3, 0.4) is 0 Å². The second-order valence-corrected chi connectivity index (χ2v) is 5.55. The maximum Gasteiger partial charge on any atom is 0.196 e. The van der Waals surface area contributed by atoms with Crippen molar-refractivity contribution in [3.8, 4) is 17.2 Å². The van der Waals surface area contributed by atoms with Gasteiger partial charge in [0.25, 0.3) is 0 Å². The van der Waals surface area contributed by atoms with Gasteiger partial charge in [-0.1, -0.05) is 20.8 Å². The van der Waals surface area contributed by atoms with Crippen molar-refractivity contribution >= 4 is 14.9 Å². The second-order valence-electron chi connectivity index (χ2n) is 4.53. The maximum atomic E-state index is 9.72. The van der Waals surface area contributed by atoms with Gasteiger partial charge in [0.2, 0.25) is 0 Å². The zero-order chi connectivity index (χ0) is 11.8. The number of phenols is 3. The summed E-state index contributed by atoms with van der Waals surface area (Å²) >= 11 is 0. The second kappa shape index (κ2) is 3.75. The Morgan fingerprint density at radius 3 is 2.00 bits per heavy atom. The zero-order valence-corrected chi connectivity index (χ0v) is 10.5. The topological polar surface area (TPSA) is 80.9 Å². The van der Waals surface area contributed by atoms with Crippen LogP contribution in [0.1, 0.15) is 26.3 Å². The smallest absolute Gasteiger partial charge is 0.196 e. The molecule has 0 bridgehead atoms. The Morgan fingerprint density at radius 2 is 1.60 bits per heavy atom. The summed E-state index contributed by atoms with van der Waals surface area (Å²) in [5.74, 6) is -0.796. The van der Waals surface area contributed by atoms with Crippen LogP contribution in [0.15, 0.2) is 6.07 Å².